The number of hydrogen-bond acceptors (Lipinski definition) is 4. The molecule has 0 saturated carbocycles. The minimum Gasteiger partial charge on any atom is -0.489 e. The first-order valence-corrected chi connectivity index (χ1v) is 8.42. The van der Waals surface area contributed by atoms with E-state index in [-0.39, 0.29) is 5.69 Å². The van der Waals surface area contributed by atoms with Gasteiger partial charge in [0.25, 0.3) is 5.69 Å². The Morgan fingerprint density at radius 3 is 2.54 bits per heavy atom. The lowest BCUT2D eigenvalue weighted by molar-refractivity contribution is -0.384. The van der Waals surface area contributed by atoms with E-state index in [2.05, 4.69) is 5.32 Å². The van der Waals surface area contributed by atoms with Crippen molar-refractivity contribution in [2.45, 2.75) is 13.2 Å². The molecule has 0 saturated heterocycles. The summed E-state index contributed by atoms with van der Waals surface area (Å²) in [5.74, 6) is 0.753. The molecule has 0 atom stereocenters. The number of ether oxygens (including phenoxy) is 1. The number of non-ortho nitro benzene ring substituents is 1. The Morgan fingerprint density at radius 2 is 1.73 bits per heavy atom. The summed E-state index contributed by atoms with van der Waals surface area (Å²) < 4.78 is 5.81. The molecule has 0 amide bonds. The van der Waals surface area contributed by atoms with Crippen LogP contribution in [0, 0.1) is 10.1 Å². The Bertz CT molecular complexity index is 915. The quantitative estimate of drug-likeness (QED) is 0.445. The van der Waals surface area contributed by atoms with E-state index in [1.165, 1.54) is 12.1 Å². The third-order valence-electron chi connectivity index (χ3n) is 3.75. The van der Waals surface area contributed by atoms with Crippen LogP contribution in [-0.4, -0.2) is 4.92 Å². The van der Waals surface area contributed by atoms with E-state index >= 15 is 0 Å². The van der Waals surface area contributed by atoms with Crippen molar-refractivity contribution >= 4 is 23.0 Å². The van der Waals surface area contributed by atoms with E-state index in [9.17, 15) is 10.1 Å². The maximum Gasteiger partial charge on any atom is 0.271 e. The van der Waals surface area contributed by atoms with Gasteiger partial charge in [-0.3, -0.25) is 10.1 Å². The Labute approximate surface area is 156 Å². The minimum absolute atomic E-state index is 0.0635. The molecule has 0 spiro atoms. The highest BCUT2D eigenvalue weighted by Crippen LogP contribution is 2.20. The van der Waals surface area contributed by atoms with Crippen LogP contribution >= 0.6 is 11.6 Å². The van der Waals surface area contributed by atoms with Crippen LogP contribution in [0.5, 0.6) is 5.75 Å². The van der Waals surface area contributed by atoms with Gasteiger partial charge < -0.3 is 10.1 Å². The first-order chi connectivity index (χ1) is 12.6. The summed E-state index contributed by atoms with van der Waals surface area (Å²) in [6.45, 7) is 0.970. The number of hydrogen-bond donors (Lipinski definition) is 1. The van der Waals surface area contributed by atoms with E-state index in [0.717, 1.165) is 16.9 Å². The molecule has 0 aliphatic carbocycles. The second-order valence-electron chi connectivity index (χ2n) is 5.73. The number of benzene rings is 3. The zero-order chi connectivity index (χ0) is 18.4. The number of halogens is 1. The van der Waals surface area contributed by atoms with Crippen LogP contribution in [0.2, 0.25) is 5.02 Å². The molecule has 0 aliphatic heterocycles. The first kappa shape index (κ1) is 17.8. The molecule has 0 fully saturated rings. The van der Waals surface area contributed by atoms with Gasteiger partial charge >= 0.3 is 0 Å². The molecular weight excluding hydrogens is 352 g/mol. The molecule has 3 rings (SSSR count). The molecule has 0 aromatic heterocycles. The Balaban J connectivity index is 1.60. The maximum absolute atomic E-state index is 10.8. The van der Waals surface area contributed by atoms with Gasteiger partial charge in [0.15, 0.2) is 0 Å². The topological polar surface area (TPSA) is 64.4 Å². The third-order valence-corrected chi connectivity index (χ3v) is 3.98. The maximum atomic E-state index is 10.8. The van der Waals surface area contributed by atoms with Crippen LogP contribution < -0.4 is 10.1 Å². The van der Waals surface area contributed by atoms with Crippen LogP contribution in [0.1, 0.15) is 11.1 Å². The molecule has 132 valence electrons. The van der Waals surface area contributed by atoms with Gasteiger partial charge in [0, 0.05) is 29.4 Å². The molecule has 0 bridgehead atoms. The molecule has 3 aromatic carbocycles. The van der Waals surface area contributed by atoms with Gasteiger partial charge in [-0.25, -0.2) is 0 Å². The first-order valence-electron chi connectivity index (χ1n) is 8.05. The fourth-order valence-corrected chi connectivity index (χ4v) is 2.69. The number of rotatable bonds is 7. The third kappa shape index (κ3) is 4.97. The average Bonchev–Trinajstić information content (AvgIpc) is 2.65. The van der Waals surface area contributed by atoms with E-state index in [0.29, 0.717) is 23.9 Å². The smallest absolute Gasteiger partial charge is 0.271 e. The van der Waals surface area contributed by atoms with Gasteiger partial charge in [-0.2, -0.15) is 0 Å². The van der Waals surface area contributed by atoms with E-state index in [1.807, 2.05) is 48.5 Å². The number of anilines is 1. The van der Waals surface area contributed by atoms with Crippen molar-refractivity contribution in [1.82, 2.24) is 0 Å². The predicted molar refractivity (Wildman–Crippen MR) is 103 cm³/mol. The van der Waals surface area contributed by atoms with Crippen molar-refractivity contribution in [3.05, 3.63) is 99.1 Å². The van der Waals surface area contributed by atoms with Gasteiger partial charge in [-0.1, -0.05) is 41.9 Å². The molecule has 0 heterocycles. The highest BCUT2D eigenvalue weighted by Gasteiger charge is 2.05. The van der Waals surface area contributed by atoms with E-state index < -0.39 is 4.92 Å². The molecule has 0 aliphatic rings. The second kappa shape index (κ2) is 8.36. The van der Waals surface area contributed by atoms with Gasteiger partial charge in [-0.15, -0.1) is 0 Å². The zero-order valence-corrected chi connectivity index (χ0v) is 14.6. The van der Waals surface area contributed by atoms with Gasteiger partial charge in [-0.05, 0) is 41.5 Å². The molecule has 5 nitrogen and oxygen atoms in total. The van der Waals surface area contributed by atoms with Crippen molar-refractivity contribution in [2.24, 2.45) is 0 Å². The largest absolute Gasteiger partial charge is 0.489 e. The van der Waals surface area contributed by atoms with Crippen LogP contribution in [0.3, 0.4) is 0 Å². The summed E-state index contributed by atoms with van der Waals surface area (Å²) in [6.07, 6.45) is 0. The van der Waals surface area contributed by atoms with Crippen molar-refractivity contribution in [3.8, 4) is 5.75 Å². The highest BCUT2D eigenvalue weighted by atomic mass is 35.5. The molecule has 0 radical (unpaired) electrons. The van der Waals surface area contributed by atoms with Crippen LogP contribution in [0.4, 0.5) is 11.4 Å². The van der Waals surface area contributed by atoms with Crippen LogP contribution in [0.15, 0.2) is 72.8 Å². The standard InChI is InChI=1S/C20H17ClN2O3/c21-17-6-1-5-16(10-17)14-26-20-9-2-4-15(11-20)13-22-18-7-3-8-19(12-18)23(24)25/h1-12,22H,13-14H2. The Hall–Kier alpha value is -3.05. The summed E-state index contributed by atoms with van der Waals surface area (Å²) in [5.41, 5.74) is 2.77. The Kier molecular flexibility index (Phi) is 5.71. The SMILES string of the molecule is O=[N+]([O-])c1cccc(NCc2cccc(OCc3cccc(Cl)c3)c2)c1. The van der Waals surface area contributed by atoms with Crippen LogP contribution in [-0.2, 0) is 13.2 Å². The normalized spacial score (nSPS) is 10.3. The van der Waals surface area contributed by atoms with Gasteiger partial charge in [0.05, 0.1) is 4.92 Å². The summed E-state index contributed by atoms with van der Waals surface area (Å²) >= 11 is 5.98. The van der Waals surface area contributed by atoms with E-state index in [4.69, 9.17) is 16.3 Å². The van der Waals surface area contributed by atoms with Crippen molar-refractivity contribution in [3.63, 3.8) is 0 Å². The molecular formula is C20H17ClN2O3. The Morgan fingerprint density at radius 1 is 0.962 bits per heavy atom. The number of nitrogens with one attached hydrogen (secondary N) is 1. The number of nitro benzene ring substituents is 1. The van der Waals surface area contributed by atoms with E-state index in [1.54, 1.807) is 12.1 Å². The fourth-order valence-electron chi connectivity index (χ4n) is 2.47. The second-order valence-corrected chi connectivity index (χ2v) is 6.16. The molecule has 6 heteroatoms. The zero-order valence-electron chi connectivity index (χ0n) is 13.9. The monoisotopic (exact) mass is 368 g/mol. The molecule has 1 N–H and O–H groups in total. The lowest BCUT2D eigenvalue weighted by Gasteiger charge is -2.10. The van der Waals surface area contributed by atoms with Crippen molar-refractivity contribution < 1.29 is 9.66 Å². The predicted octanol–water partition coefficient (Wildman–Crippen LogP) is 5.44. The molecule has 26 heavy (non-hydrogen) atoms. The lowest BCUT2D eigenvalue weighted by Crippen LogP contribution is -2.01. The van der Waals surface area contributed by atoms with Crippen molar-refractivity contribution in [2.75, 3.05) is 5.32 Å². The summed E-state index contributed by atoms with van der Waals surface area (Å²) in [4.78, 5) is 10.4. The number of nitro groups is 1. The van der Waals surface area contributed by atoms with Gasteiger partial charge in [0.1, 0.15) is 12.4 Å². The highest BCUT2D eigenvalue weighted by molar-refractivity contribution is 6.30. The number of nitrogens with zero attached hydrogens (tertiary/aromatic N) is 1. The minimum atomic E-state index is -0.407. The van der Waals surface area contributed by atoms with Crippen molar-refractivity contribution in [1.29, 1.82) is 0 Å². The molecule has 3 aromatic rings. The fraction of sp³-hybridized carbons (Fsp3) is 0.100. The average molecular weight is 369 g/mol. The lowest BCUT2D eigenvalue weighted by atomic mass is 10.2. The summed E-state index contributed by atoms with van der Waals surface area (Å²) in [7, 11) is 0. The summed E-state index contributed by atoms with van der Waals surface area (Å²) in [5, 5.41) is 14.7. The molecule has 0 unspecified atom stereocenters. The summed E-state index contributed by atoms with van der Waals surface area (Å²) in [6, 6.07) is 21.7. The van der Waals surface area contributed by atoms with Crippen LogP contribution in [0.25, 0.3) is 0 Å². The van der Waals surface area contributed by atoms with Gasteiger partial charge in [0.2, 0.25) is 0 Å².